The van der Waals surface area contributed by atoms with Crippen LogP contribution in [0, 0.1) is 0 Å². The van der Waals surface area contributed by atoms with Crippen LogP contribution in [0.1, 0.15) is 19.5 Å². The fourth-order valence-electron chi connectivity index (χ4n) is 2.67. The summed E-state index contributed by atoms with van der Waals surface area (Å²) in [4.78, 5) is 11.8. The van der Waals surface area contributed by atoms with Crippen molar-refractivity contribution >= 4 is 0 Å². The maximum Gasteiger partial charge on any atom is 0.223 e. The molecule has 3 aromatic rings. The lowest BCUT2D eigenvalue weighted by atomic mass is 10.0. The molecule has 2 N–H and O–H groups in total. The number of pyridine rings is 1. The molecule has 0 aliphatic rings. The molecule has 122 valence electrons. The van der Waals surface area contributed by atoms with Gasteiger partial charge in [-0.25, -0.2) is 0 Å². The van der Waals surface area contributed by atoms with Crippen molar-refractivity contribution in [3.05, 3.63) is 82.8 Å². The number of aromatic nitrogens is 1. The first kappa shape index (κ1) is 16.0. The van der Waals surface area contributed by atoms with E-state index in [0.29, 0.717) is 5.69 Å². The maximum atomic E-state index is 11.8. The Morgan fingerprint density at radius 1 is 0.917 bits per heavy atom. The van der Waals surface area contributed by atoms with Crippen LogP contribution in [0.15, 0.2) is 71.7 Å². The van der Waals surface area contributed by atoms with E-state index < -0.39 is 11.0 Å². The highest BCUT2D eigenvalue weighted by Gasteiger charge is 2.22. The minimum absolute atomic E-state index is 0.354. The fourth-order valence-corrected chi connectivity index (χ4v) is 2.67. The van der Waals surface area contributed by atoms with Gasteiger partial charge < -0.3 is 14.8 Å². The van der Waals surface area contributed by atoms with Gasteiger partial charge in [-0.1, -0.05) is 42.5 Å². The summed E-state index contributed by atoms with van der Waals surface area (Å²) in [6.07, 6.45) is 1.35. The number of benzene rings is 2. The minimum Gasteiger partial charge on any atom is -0.503 e. The zero-order chi connectivity index (χ0) is 17.3. The molecule has 0 amide bonds. The molecule has 0 fully saturated rings. The van der Waals surface area contributed by atoms with Gasteiger partial charge in [0.15, 0.2) is 5.75 Å². The van der Waals surface area contributed by atoms with Crippen LogP contribution in [0.3, 0.4) is 0 Å². The highest BCUT2D eigenvalue weighted by molar-refractivity contribution is 5.66. The van der Waals surface area contributed by atoms with Crippen molar-refractivity contribution in [2.24, 2.45) is 0 Å². The number of hydrogen-bond donors (Lipinski definition) is 2. The standard InChI is InChI=1S/C20H19NO3/c1-20(2,24)19-12-17(22)18(23)13-21(19)16-10-6-9-15(11-16)14-7-4-3-5-8-14/h3-13,23-24H,1-2H3. The van der Waals surface area contributed by atoms with Gasteiger partial charge in [-0.3, -0.25) is 4.79 Å². The smallest absolute Gasteiger partial charge is 0.223 e. The zero-order valence-corrected chi connectivity index (χ0v) is 13.6. The lowest BCUT2D eigenvalue weighted by molar-refractivity contribution is 0.0712. The van der Waals surface area contributed by atoms with E-state index in [1.165, 1.54) is 12.3 Å². The van der Waals surface area contributed by atoms with Crippen LogP contribution >= 0.6 is 0 Å². The van der Waals surface area contributed by atoms with E-state index in [9.17, 15) is 15.0 Å². The molecule has 0 radical (unpaired) electrons. The van der Waals surface area contributed by atoms with Crippen LogP contribution in [0.25, 0.3) is 16.8 Å². The zero-order valence-electron chi connectivity index (χ0n) is 13.6. The largest absolute Gasteiger partial charge is 0.503 e. The molecule has 0 unspecified atom stereocenters. The van der Waals surface area contributed by atoms with Gasteiger partial charge >= 0.3 is 0 Å². The van der Waals surface area contributed by atoms with Crippen LogP contribution in [0.2, 0.25) is 0 Å². The van der Waals surface area contributed by atoms with Crippen molar-refractivity contribution in [1.82, 2.24) is 4.57 Å². The molecule has 0 atom stereocenters. The van der Waals surface area contributed by atoms with Crippen LogP contribution in [0.5, 0.6) is 5.75 Å². The third kappa shape index (κ3) is 3.09. The van der Waals surface area contributed by atoms with Crippen LogP contribution < -0.4 is 5.43 Å². The minimum atomic E-state index is -1.23. The van der Waals surface area contributed by atoms with E-state index in [4.69, 9.17) is 0 Å². The Kier molecular flexibility index (Phi) is 3.99. The number of hydrogen-bond acceptors (Lipinski definition) is 3. The van der Waals surface area contributed by atoms with Crippen LogP contribution in [0.4, 0.5) is 0 Å². The highest BCUT2D eigenvalue weighted by Crippen LogP contribution is 2.26. The van der Waals surface area contributed by atoms with Gasteiger partial charge in [-0.2, -0.15) is 0 Å². The first-order chi connectivity index (χ1) is 11.4. The van der Waals surface area contributed by atoms with Gasteiger partial charge in [-0.05, 0) is 37.1 Å². The molecule has 0 spiro atoms. The summed E-state index contributed by atoms with van der Waals surface area (Å²) in [5.74, 6) is -0.354. The normalized spacial score (nSPS) is 11.5. The monoisotopic (exact) mass is 321 g/mol. The van der Waals surface area contributed by atoms with Gasteiger partial charge in [-0.15, -0.1) is 0 Å². The summed E-state index contributed by atoms with van der Waals surface area (Å²) >= 11 is 0. The van der Waals surface area contributed by atoms with Crippen molar-refractivity contribution in [2.75, 3.05) is 0 Å². The third-order valence-electron chi connectivity index (χ3n) is 3.89. The molecule has 0 saturated heterocycles. The second kappa shape index (κ2) is 5.98. The summed E-state index contributed by atoms with van der Waals surface area (Å²) in [6, 6.07) is 18.9. The Hall–Kier alpha value is -2.85. The summed E-state index contributed by atoms with van der Waals surface area (Å²) in [6.45, 7) is 3.22. The lowest BCUT2D eigenvalue weighted by Crippen LogP contribution is -2.24. The van der Waals surface area contributed by atoms with Gasteiger partial charge in [0, 0.05) is 11.8 Å². The third-order valence-corrected chi connectivity index (χ3v) is 3.89. The Morgan fingerprint density at radius 2 is 1.58 bits per heavy atom. The quantitative estimate of drug-likeness (QED) is 0.777. The number of nitrogens with zero attached hydrogens (tertiary/aromatic N) is 1. The first-order valence-corrected chi connectivity index (χ1v) is 7.70. The predicted molar refractivity (Wildman–Crippen MR) is 94.4 cm³/mol. The van der Waals surface area contributed by atoms with Crippen molar-refractivity contribution < 1.29 is 10.2 Å². The molecule has 0 aliphatic carbocycles. The highest BCUT2D eigenvalue weighted by atomic mass is 16.3. The molecule has 0 saturated carbocycles. The lowest BCUT2D eigenvalue weighted by Gasteiger charge is -2.24. The summed E-state index contributed by atoms with van der Waals surface area (Å²) in [5.41, 5.74) is 1.50. The Bertz CT molecular complexity index is 922. The topological polar surface area (TPSA) is 62.5 Å². The van der Waals surface area contributed by atoms with Gasteiger partial charge in [0.1, 0.15) is 0 Å². The van der Waals surface area contributed by atoms with Crippen LogP contribution in [-0.4, -0.2) is 14.8 Å². The molecule has 4 nitrogen and oxygen atoms in total. The molecule has 0 aliphatic heterocycles. The van der Waals surface area contributed by atoms with E-state index in [-0.39, 0.29) is 5.75 Å². The Balaban J connectivity index is 2.20. The predicted octanol–water partition coefficient (Wildman–Crippen LogP) is 3.44. The molecule has 1 heterocycles. The molecule has 0 bridgehead atoms. The van der Waals surface area contributed by atoms with Gasteiger partial charge in [0.05, 0.1) is 17.5 Å². The molecule has 3 rings (SSSR count). The second-order valence-electron chi connectivity index (χ2n) is 6.25. The summed E-state index contributed by atoms with van der Waals surface area (Å²) in [5, 5.41) is 20.2. The van der Waals surface area contributed by atoms with E-state index in [1.807, 2.05) is 54.6 Å². The summed E-state index contributed by atoms with van der Waals surface area (Å²) in [7, 11) is 0. The average molecular weight is 321 g/mol. The van der Waals surface area contributed by atoms with Gasteiger partial charge in [0.2, 0.25) is 5.43 Å². The van der Waals surface area contributed by atoms with Crippen molar-refractivity contribution in [1.29, 1.82) is 0 Å². The van der Waals surface area contributed by atoms with Crippen molar-refractivity contribution in [3.8, 4) is 22.6 Å². The first-order valence-electron chi connectivity index (χ1n) is 7.70. The molecule has 2 aromatic carbocycles. The summed E-state index contributed by atoms with van der Waals surface area (Å²) < 4.78 is 1.64. The van der Waals surface area contributed by atoms with Crippen molar-refractivity contribution in [2.45, 2.75) is 19.4 Å². The fraction of sp³-hybridized carbons (Fsp3) is 0.150. The molecular weight excluding hydrogens is 302 g/mol. The SMILES string of the molecule is CC(C)(O)c1cc(=O)c(O)cn1-c1cccc(-c2ccccc2)c1. The second-order valence-corrected chi connectivity index (χ2v) is 6.25. The Labute approximate surface area is 140 Å². The number of aliphatic hydroxyl groups is 1. The van der Waals surface area contributed by atoms with E-state index >= 15 is 0 Å². The van der Waals surface area contributed by atoms with Gasteiger partial charge in [0.25, 0.3) is 0 Å². The van der Waals surface area contributed by atoms with E-state index in [2.05, 4.69) is 0 Å². The molecule has 24 heavy (non-hydrogen) atoms. The number of aromatic hydroxyl groups is 1. The number of rotatable bonds is 3. The maximum absolute atomic E-state index is 11.8. The van der Waals surface area contributed by atoms with Crippen molar-refractivity contribution in [3.63, 3.8) is 0 Å². The van der Waals surface area contributed by atoms with E-state index in [0.717, 1.165) is 16.8 Å². The molecular formula is C20H19NO3. The van der Waals surface area contributed by atoms with E-state index in [1.54, 1.807) is 18.4 Å². The Morgan fingerprint density at radius 3 is 2.25 bits per heavy atom. The molecule has 1 aromatic heterocycles. The van der Waals surface area contributed by atoms with Crippen LogP contribution in [-0.2, 0) is 5.60 Å². The molecule has 4 heteroatoms. The average Bonchev–Trinajstić information content (AvgIpc) is 2.57.